The summed E-state index contributed by atoms with van der Waals surface area (Å²) >= 11 is 0. The van der Waals surface area contributed by atoms with Crippen molar-refractivity contribution < 1.29 is 9.53 Å². The van der Waals surface area contributed by atoms with Crippen LogP contribution in [0.3, 0.4) is 0 Å². The molecule has 1 aliphatic heterocycles. The number of rotatable bonds is 4. The molecule has 0 aromatic heterocycles. The van der Waals surface area contributed by atoms with Crippen molar-refractivity contribution in [3.63, 3.8) is 0 Å². The van der Waals surface area contributed by atoms with Crippen LogP contribution in [0, 0.1) is 5.92 Å². The number of ether oxygens (including phenoxy) is 1. The van der Waals surface area contributed by atoms with Gasteiger partial charge in [-0.1, -0.05) is 31.0 Å². The molecule has 0 saturated heterocycles. The van der Waals surface area contributed by atoms with Gasteiger partial charge in [0.1, 0.15) is 5.75 Å². The fraction of sp³-hybridized carbons (Fsp3) is 0.500. The van der Waals surface area contributed by atoms with Crippen molar-refractivity contribution in [1.82, 2.24) is 0 Å². The SMILES string of the molecule is O=C(CCC1CC1)C1Cc2ccccc2O1. The van der Waals surface area contributed by atoms with Crippen molar-refractivity contribution in [2.45, 2.75) is 38.2 Å². The van der Waals surface area contributed by atoms with E-state index in [1.165, 1.54) is 18.4 Å². The van der Waals surface area contributed by atoms with Crippen LogP contribution in [-0.4, -0.2) is 11.9 Å². The van der Waals surface area contributed by atoms with E-state index in [0.29, 0.717) is 6.42 Å². The molecule has 0 amide bonds. The fourth-order valence-electron chi connectivity index (χ4n) is 2.28. The number of hydrogen-bond acceptors (Lipinski definition) is 2. The topological polar surface area (TPSA) is 26.3 Å². The zero-order chi connectivity index (χ0) is 11.0. The van der Waals surface area contributed by atoms with Gasteiger partial charge in [-0.25, -0.2) is 0 Å². The molecule has 16 heavy (non-hydrogen) atoms. The molecule has 2 nitrogen and oxygen atoms in total. The summed E-state index contributed by atoms with van der Waals surface area (Å²) in [6, 6.07) is 7.95. The monoisotopic (exact) mass is 216 g/mol. The Kier molecular flexibility index (Phi) is 2.43. The first-order chi connectivity index (χ1) is 7.83. The van der Waals surface area contributed by atoms with Crippen molar-refractivity contribution in [1.29, 1.82) is 0 Å². The van der Waals surface area contributed by atoms with E-state index in [-0.39, 0.29) is 11.9 Å². The minimum Gasteiger partial charge on any atom is -0.482 e. The van der Waals surface area contributed by atoms with Gasteiger partial charge in [0, 0.05) is 12.8 Å². The molecule has 0 spiro atoms. The molecule has 1 atom stereocenters. The summed E-state index contributed by atoms with van der Waals surface area (Å²) in [5, 5.41) is 0. The molecule has 2 aliphatic rings. The van der Waals surface area contributed by atoms with Gasteiger partial charge >= 0.3 is 0 Å². The number of ketones is 1. The highest BCUT2D eigenvalue weighted by Crippen LogP contribution is 2.35. The minimum atomic E-state index is -0.212. The summed E-state index contributed by atoms with van der Waals surface area (Å²) in [5.41, 5.74) is 1.17. The summed E-state index contributed by atoms with van der Waals surface area (Å²) in [6.07, 6.45) is 4.95. The molecule has 1 aromatic rings. The van der Waals surface area contributed by atoms with Crippen LogP contribution in [0.15, 0.2) is 24.3 Å². The van der Waals surface area contributed by atoms with E-state index < -0.39 is 0 Å². The Morgan fingerprint density at radius 2 is 2.12 bits per heavy atom. The van der Waals surface area contributed by atoms with Gasteiger partial charge in [-0.2, -0.15) is 0 Å². The van der Waals surface area contributed by atoms with Crippen molar-refractivity contribution in [3.05, 3.63) is 29.8 Å². The Morgan fingerprint density at radius 3 is 2.88 bits per heavy atom. The molecule has 1 heterocycles. The van der Waals surface area contributed by atoms with Crippen molar-refractivity contribution >= 4 is 5.78 Å². The van der Waals surface area contributed by atoms with Crippen LogP contribution in [0.4, 0.5) is 0 Å². The zero-order valence-electron chi connectivity index (χ0n) is 9.32. The molecular weight excluding hydrogens is 200 g/mol. The molecular formula is C14H16O2. The Balaban J connectivity index is 1.59. The highest BCUT2D eigenvalue weighted by atomic mass is 16.5. The third kappa shape index (κ3) is 1.97. The lowest BCUT2D eigenvalue weighted by atomic mass is 10.0. The number of para-hydroxylation sites is 1. The summed E-state index contributed by atoms with van der Waals surface area (Å²) in [4.78, 5) is 11.9. The predicted molar refractivity (Wildman–Crippen MR) is 61.5 cm³/mol. The molecule has 0 bridgehead atoms. The number of fused-ring (bicyclic) bond motifs is 1. The molecule has 1 fully saturated rings. The predicted octanol–water partition coefficient (Wildman–Crippen LogP) is 2.75. The molecule has 2 heteroatoms. The van der Waals surface area contributed by atoms with E-state index >= 15 is 0 Å². The average Bonchev–Trinajstić information content (AvgIpc) is 3.02. The number of benzene rings is 1. The van der Waals surface area contributed by atoms with Gasteiger partial charge < -0.3 is 4.74 Å². The first kappa shape index (κ1) is 9.88. The van der Waals surface area contributed by atoms with Crippen molar-refractivity contribution in [2.24, 2.45) is 5.92 Å². The maximum absolute atomic E-state index is 11.9. The van der Waals surface area contributed by atoms with Gasteiger partial charge in [-0.05, 0) is 24.0 Å². The molecule has 1 unspecified atom stereocenters. The first-order valence-corrected chi connectivity index (χ1v) is 6.10. The van der Waals surface area contributed by atoms with E-state index in [1.54, 1.807) is 0 Å². The molecule has 84 valence electrons. The average molecular weight is 216 g/mol. The molecule has 1 saturated carbocycles. The largest absolute Gasteiger partial charge is 0.482 e. The number of Topliss-reactive ketones (excluding diaryl/α,β-unsaturated/α-hetero) is 1. The van der Waals surface area contributed by atoms with Gasteiger partial charge in [0.05, 0.1) is 0 Å². The van der Waals surface area contributed by atoms with Gasteiger partial charge in [0.15, 0.2) is 11.9 Å². The molecule has 0 N–H and O–H groups in total. The second-order valence-electron chi connectivity index (χ2n) is 4.87. The second kappa shape index (κ2) is 3.93. The highest BCUT2D eigenvalue weighted by Gasteiger charge is 2.30. The number of carbonyl (C=O) groups is 1. The third-order valence-electron chi connectivity index (χ3n) is 3.50. The summed E-state index contributed by atoms with van der Waals surface area (Å²) in [6.45, 7) is 0. The van der Waals surface area contributed by atoms with Crippen molar-refractivity contribution in [3.8, 4) is 5.75 Å². The molecule has 1 aliphatic carbocycles. The van der Waals surface area contributed by atoms with Crippen molar-refractivity contribution in [2.75, 3.05) is 0 Å². The normalized spacial score (nSPS) is 22.6. The summed E-state index contributed by atoms with van der Waals surface area (Å²) in [5.74, 6) is 2.00. The highest BCUT2D eigenvalue weighted by molar-refractivity contribution is 5.84. The lowest BCUT2D eigenvalue weighted by molar-refractivity contribution is -0.125. The standard InChI is InChI=1S/C14H16O2/c15-12(8-7-10-5-6-10)14-9-11-3-1-2-4-13(11)16-14/h1-4,10,14H,5-9H2. The zero-order valence-corrected chi connectivity index (χ0v) is 9.32. The first-order valence-electron chi connectivity index (χ1n) is 6.10. The lowest BCUT2D eigenvalue weighted by Crippen LogP contribution is -2.25. The summed E-state index contributed by atoms with van der Waals surface area (Å²) < 4.78 is 5.67. The van der Waals surface area contributed by atoms with Crippen LogP contribution in [0.1, 0.15) is 31.2 Å². The smallest absolute Gasteiger partial charge is 0.173 e. The van der Waals surface area contributed by atoms with Crippen LogP contribution in [-0.2, 0) is 11.2 Å². The van der Waals surface area contributed by atoms with E-state index in [0.717, 1.165) is 24.5 Å². The van der Waals surface area contributed by atoms with Gasteiger partial charge in [0.2, 0.25) is 0 Å². The maximum atomic E-state index is 11.9. The van der Waals surface area contributed by atoms with Gasteiger partial charge in [0.25, 0.3) is 0 Å². The van der Waals surface area contributed by atoms with Crippen LogP contribution in [0.2, 0.25) is 0 Å². The van der Waals surface area contributed by atoms with Crippen LogP contribution in [0.25, 0.3) is 0 Å². The summed E-state index contributed by atoms with van der Waals surface area (Å²) in [7, 11) is 0. The molecule has 1 aromatic carbocycles. The van der Waals surface area contributed by atoms with E-state index in [9.17, 15) is 4.79 Å². The Hall–Kier alpha value is -1.31. The van der Waals surface area contributed by atoms with Crippen LogP contribution in [0.5, 0.6) is 5.75 Å². The minimum absolute atomic E-state index is 0.212. The van der Waals surface area contributed by atoms with Gasteiger partial charge in [-0.3, -0.25) is 4.79 Å². The fourth-order valence-corrected chi connectivity index (χ4v) is 2.28. The second-order valence-corrected chi connectivity index (χ2v) is 4.87. The molecule has 0 radical (unpaired) electrons. The third-order valence-corrected chi connectivity index (χ3v) is 3.50. The van der Waals surface area contributed by atoms with Gasteiger partial charge in [-0.15, -0.1) is 0 Å². The van der Waals surface area contributed by atoms with Crippen LogP contribution < -0.4 is 4.74 Å². The lowest BCUT2D eigenvalue weighted by Gasteiger charge is -2.08. The Labute approximate surface area is 95.6 Å². The maximum Gasteiger partial charge on any atom is 0.173 e. The van der Waals surface area contributed by atoms with E-state index in [1.807, 2.05) is 24.3 Å². The van der Waals surface area contributed by atoms with Crippen LogP contribution >= 0.6 is 0 Å². The Bertz CT molecular complexity index is 382. The molecule has 3 rings (SSSR count). The number of carbonyl (C=O) groups excluding carboxylic acids is 1. The quantitative estimate of drug-likeness (QED) is 0.773. The van der Waals surface area contributed by atoms with E-state index in [4.69, 9.17) is 4.74 Å². The Morgan fingerprint density at radius 1 is 1.31 bits per heavy atom. The van der Waals surface area contributed by atoms with E-state index in [2.05, 4.69) is 0 Å². The number of hydrogen-bond donors (Lipinski definition) is 0.